The number of nitrogens with zero attached hydrogens (tertiary/aromatic N) is 1. The van der Waals surface area contributed by atoms with Gasteiger partial charge in [-0.05, 0) is 36.2 Å². The SMILES string of the molecule is Cc1cccc(NCc2ccncc2)c1Cl. The third kappa shape index (κ3) is 2.52. The highest BCUT2D eigenvalue weighted by Crippen LogP contribution is 2.25. The number of pyridine rings is 1. The Labute approximate surface area is 100 Å². The predicted molar refractivity (Wildman–Crippen MR) is 67.8 cm³/mol. The van der Waals surface area contributed by atoms with Crippen molar-refractivity contribution in [1.29, 1.82) is 0 Å². The summed E-state index contributed by atoms with van der Waals surface area (Å²) in [6.07, 6.45) is 3.57. The van der Waals surface area contributed by atoms with Crippen molar-refractivity contribution in [1.82, 2.24) is 4.98 Å². The first-order valence-electron chi connectivity index (χ1n) is 5.15. The molecule has 3 heteroatoms. The van der Waals surface area contributed by atoms with E-state index in [4.69, 9.17) is 11.6 Å². The van der Waals surface area contributed by atoms with Gasteiger partial charge < -0.3 is 5.32 Å². The van der Waals surface area contributed by atoms with Gasteiger partial charge in [-0.3, -0.25) is 4.98 Å². The summed E-state index contributed by atoms with van der Waals surface area (Å²) >= 11 is 6.18. The molecule has 2 rings (SSSR count). The lowest BCUT2D eigenvalue weighted by molar-refractivity contribution is 1.13. The van der Waals surface area contributed by atoms with E-state index in [2.05, 4.69) is 10.3 Å². The molecular weight excluding hydrogens is 220 g/mol. The molecule has 0 bridgehead atoms. The fourth-order valence-electron chi connectivity index (χ4n) is 1.48. The van der Waals surface area contributed by atoms with Crippen LogP contribution in [0.4, 0.5) is 5.69 Å². The first kappa shape index (κ1) is 11.0. The number of hydrogen-bond donors (Lipinski definition) is 1. The molecule has 1 aromatic carbocycles. The Morgan fingerprint density at radius 3 is 2.69 bits per heavy atom. The second-order valence-corrected chi connectivity index (χ2v) is 4.02. The number of halogens is 1. The summed E-state index contributed by atoms with van der Waals surface area (Å²) in [6, 6.07) is 9.94. The standard InChI is InChI=1S/C13H13ClN2/c1-10-3-2-4-12(13(10)14)16-9-11-5-7-15-8-6-11/h2-8,16H,9H2,1H3. The van der Waals surface area contributed by atoms with Gasteiger partial charge in [0.25, 0.3) is 0 Å². The van der Waals surface area contributed by atoms with Crippen LogP contribution in [0.25, 0.3) is 0 Å². The Balaban J connectivity index is 2.08. The average Bonchev–Trinajstić information content (AvgIpc) is 2.32. The maximum atomic E-state index is 6.18. The summed E-state index contributed by atoms with van der Waals surface area (Å²) in [6.45, 7) is 2.76. The molecule has 0 aliphatic carbocycles. The number of benzene rings is 1. The van der Waals surface area contributed by atoms with Gasteiger partial charge in [0.1, 0.15) is 0 Å². The van der Waals surface area contributed by atoms with Crippen LogP contribution in [-0.2, 0) is 6.54 Å². The molecule has 0 fully saturated rings. The molecule has 0 aliphatic heterocycles. The van der Waals surface area contributed by atoms with Gasteiger partial charge in [0.05, 0.1) is 10.7 Å². The lowest BCUT2D eigenvalue weighted by atomic mass is 10.2. The van der Waals surface area contributed by atoms with Crippen LogP contribution in [0.1, 0.15) is 11.1 Å². The number of hydrogen-bond acceptors (Lipinski definition) is 2. The molecule has 1 aromatic heterocycles. The molecule has 0 amide bonds. The first-order valence-corrected chi connectivity index (χ1v) is 5.53. The zero-order valence-corrected chi connectivity index (χ0v) is 9.83. The maximum absolute atomic E-state index is 6.18. The van der Waals surface area contributed by atoms with Crippen molar-refractivity contribution in [2.75, 3.05) is 5.32 Å². The third-order valence-electron chi connectivity index (χ3n) is 2.42. The van der Waals surface area contributed by atoms with Crippen LogP contribution in [0.15, 0.2) is 42.7 Å². The Morgan fingerprint density at radius 2 is 1.94 bits per heavy atom. The van der Waals surface area contributed by atoms with Crippen LogP contribution in [0.5, 0.6) is 0 Å². The van der Waals surface area contributed by atoms with E-state index in [0.717, 1.165) is 22.8 Å². The average molecular weight is 233 g/mol. The van der Waals surface area contributed by atoms with E-state index >= 15 is 0 Å². The zero-order chi connectivity index (χ0) is 11.4. The van der Waals surface area contributed by atoms with E-state index in [-0.39, 0.29) is 0 Å². The molecule has 0 saturated carbocycles. The summed E-state index contributed by atoms with van der Waals surface area (Å²) in [7, 11) is 0. The van der Waals surface area contributed by atoms with Gasteiger partial charge in [-0.1, -0.05) is 23.7 Å². The van der Waals surface area contributed by atoms with Crippen molar-refractivity contribution in [3.63, 3.8) is 0 Å². The van der Waals surface area contributed by atoms with Crippen LogP contribution in [0.3, 0.4) is 0 Å². The molecule has 0 aliphatic rings. The van der Waals surface area contributed by atoms with Gasteiger partial charge in [-0.2, -0.15) is 0 Å². The number of aryl methyl sites for hydroxylation is 1. The van der Waals surface area contributed by atoms with E-state index in [1.54, 1.807) is 12.4 Å². The van der Waals surface area contributed by atoms with Gasteiger partial charge in [-0.25, -0.2) is 0 Å². The third-order valence-corrected chi connectivity index (χ3v) is 2.93. The number of aromatic nitrogens is 1. The van der Waals surface area contributed by atoms with Gasteiger partial charge in [-0.15, -0.1) is 0 Å². The second-order valence-electron chi connectivity index (χ2n) is 3.65. The molecule has 0 saturated heterocycles. The van der Waals surface area contributed by atoms with Crippen molar-refractivity contribution in [3.05, 3.63) is 58.9 Å². The highest BCUT2D eigenvalue weighted by atomic mass is 35.5. The van der Waals surface area contributed by atoms with Crippen molar-refractivity contribution in [2.24, 2.45) is 0 Å². The monoisotopic (exact) mass is 232 g/mol. The van der Waals surface area contributed by atoms with E-state index < -0.39 is 0 Å². The van der Waals surface area contributed by atoms with Gasteiger partial charge in [0.2, 0.25) is 0 Å². The van der Waals surface area contributed by atoms with E-state index in [0.29, 0.717) is 0 Å². The Hall–Kier alpha value is -1.54. The molecular formula is C13H13ClN2. The molecule has 0 radical (unpaired) electrons. The van der Waals surface area contributed by atoms with E-state index in [1.807, 2.05) is 37.3 Å². The Bertz CT molecular complexity index is 469. The molecule has 1 N–H and O–H groups in total. The maximum Gasteiger partial charge on any atom is 0.0666 e. The zero-order valence-electron chi connectivity index (χ0n) is 9.07. The smallest absolute Gasteiger partial charge is 0.0666 e. The fraction of sp³-hybridized carbons (Fsp3) is 0.154. The highest BCUT2D eigenvalue weighted by Gasteiger charge is 2.01. The molecule has 0 atom stereocenters. The van der Waals surface area contributed by atoms with Crippen molar-refractivity contribution < 1.29 is 0 Å². The highest BCUT2D eigenvalue weighted by molar-refractivity contribution is 6.33. The fourth-order valence-corrected chi connectivity index (χ4v) is 1.67. The number of nitrogens with one attached hydrogen (secondary N) is 1. The van der Waals surface area contributed by atoms with Crippen molar-refractivity contribution in [2.45, 2.75) is 13.5 Å². The van der Waals surface area contributed by atoms with Crippen molar-refractivity contribution >= 4 is 17.3 Å². The topological polar surface area (TPSA) is 24.9 Å². The van der Waals surface area contributed by atoms with E-state index in [9.17, 15) is 0 Å². The summed E-state index contributed by atoms with van der Waals surface area (Å²) in [5.41, 5.74) is 3.24. The minimum Gasteiger partial charge on any atom is -0.380 e. The number of anilines is 1. The lowest BCUT2D eigenvalue weighted by Gasteiger charge is -2.09. The number of rotatable bonds is 3. The quantitative estimate of drug-likeness (QED) is 0.874. The lowest BCUT2D eigenvalue weighted by Crippen LogP contribution is -2.00. The van der Waals surface area contributed by atoms with Crippen LogP contribution < -0.4 is 5.32 Å². The Morgan fingerprint density at radius 1 is 1.19 bits per heavy atom. The first-order chi connectivity index (χ1) is 7.77. The molecule has 16 heavy (non-hydrogen) atoms. The molecule has 0 unspecified atom stereocenters. The minimum absolute atomic E-state index is 0.756. The van der Waals surface area contributed by atoms with Crippen LogP contribution in [0.2, 0.25) is 5.02 Å². The van der Waals surface area contributed by atoms with E-state index in [1.165, 1.54) is 5.56 Å². The van der Waals surface area contributed by atoms with Crippen LogP contribution in [0, 0.1) is 6.92 Å². The van der Waals surface area contributed by atoms with Crippen LogP contribution in [-0.4, -0.2) is 4.98 Å². The van der Waals surface area contributed by atoms with Crippen molar-refractivity contribution in [3.8, 4) is 0 Å². The second kappa shape index (κ2) is 4.99. The van der Waals surface area contributed by atoms with Gasteiger partial charge >= 0.3 is 0 Å². The largest absolute Gasteiger partial charge is 0.380 e. The van der Waals surface area contributed by atoms with Gasteiger partial charge in [0.15, 0.2) is 0 Å². The summed E-state index contributed by atoms with van der Waals surface area (Å²) < 4.78 is 0. The summed E-state index contributed by atoms with van der Waals surface area (Å²) in [4.78, 5) is 3.98. The normalized spacial score (nSPS) is 10.1. The summed E-state index contributed by atoms with van der Waals surface area (Å²) in [5.74, 6) is 0. The summed E-state index contributed by atoms with van der Waals surface area (Å²) in [5, 5.41) is 4.10. The molecule has 2 aromatic rings. The Kier molecular flexibility index (Phi) is 3.42. The van der Waals surface area contributed by atoms with Crippen LogP contribution >= 0.6 is 11.6 Å². The predicted octanol–water partition coefficient (Wildman–Crippen LogP) is 3.66. The minimum atomic E-state index is 0.756. The molecule has 82 valence electrons. The molecule has 0 spiro atoms. The molecule has 1 heterocycles. The molecule has 2 nitrogen and oxygen atoms in total. The van der Waals surface area contributed by atoms with Gasteiger partial charge in [0, 0.05) is 18.9 Å².